The predicted octanol–water partition coefficient (Wildman–Crippen LogP) is 4.25. The van der Waals surface area contributed by atoms with Crippen LogP contribution in [0.5, 0.6) is 0 Å². The molecule has 2 N–H and O–H groups in total. The van der Waals surface area contributed by atoms with Gasteiger partial charge < -0.3 is 5.73 Å². The minimum Gasteiger partial charge on any atom is -0.398 e. The van der Waals surface area contributed by atoms with Crippen molar-refractivity contribution in [2.24, 2.45) is 0 Å². The van der Waals surface area contributed by atoms with Crippen LogP contribution in [0.3, 0.4) is 0 Å². The number of Topliss-reactive ketones (excluding diaryl/α,β-unsaturated/α-hetero) is 1. The van der Waals surface area contributed by atoms with Crippen LogP contribution in [0.1, 0.15) is 15.9 Å². The molecule has 2 aromatic rings. The first-order valence-electron chi connectivity index (χ1n) is 5.50. The summed E-state index contributed by atoms with van der Waals surface area (Å²) in [6, 6.07) is 9.59. The molecule has 0 aliphatic rings. The van der Waals surface area contributed by atoms with Crippen LogP contribution in [0.15, 0.2) is 40.9 Å². The first-order chi connectivity index (χ1) is 8.99. The summed E-state index contributed by atoms with van der Waals surface area (Å²) in [5, 5.41) is 0.00696. The fourth-order valence-electron chi connectivity index (χ4n) is 1.72. The molecule has 0 atom stereocenters. The standard InChI is InChI=1S/C14H10BrClFNO/c15-9-4-5-12(18)10(7-9)13(19)6-8-2-1-3-11(16)14(8)17/h1-5,7H,6,18H2. The van der Waals surface area contributed by atoms with E-state index in [4.69, 9.17) is 17.3 Å². The van der Waals surface area contributed by atoms with Gasteiger partial charge in [0.1, 0.15) is 5.82 Å². The molecule has 0 saturated carbocycles. The number of anilines is 1. The molecule has 0 fully saturated rings. The Labute approximate surface area is 123 Å². The molecule has 2 rings (SSSR count). The fraction of sp³-hybridized carbons (Fsp3) is 0.0714. The Morgan fingerprint density at radius 3 is 2.79 bits per heavy atom. The Kier molecular flexibility index (Phi) is 4.22. The number of hydrogen-bond donors (Lipinski definition) is 1. The van der Waals surface area contributed by atoms with Crippen molar-refractivity contribution in [3.63, 3.8) is 0 Å². The molecule has 0 saturated heterocycles. The molecule has 98 valence electrons. The van der Waals surface area contributed by atoms with Crippen molar-refractivity contribution in [3.05, 3.63) is 62.8 Å². The molecule has 0 aliphatic carbocycles. The number of nitrogen functional groups attached to an aromatic ring is 1. The highest BCUT2D eigenvalue weighted by Gasteiger charge is 2.14. The van der Waals surface area contributed by atoms with Gasteiger partial charge in [0.25, 0.3) is 0 Å². The van der Waals surface area contributed by atoms with E-state index in [0.29, 0.717) is 11.3 Å². The van der Waals surface area contributed by atoms with E-state index in [1.54, 1.807) is 24.3 Å². The first-order valence-corrected chi connectivity index (χ1v) is 6.67. The summed E-state index contributed by atoms with van der Waals surface area (Å²) in [6.45, 7) is 0. The zero-order valence-electron chi connectivity index (χ0n) is 9.79. The molecule has 0 amide bonds. The second kappa shape index (κ2) is 5.72. The van der Waals surface area contributed by atoms with Gasteiger partial charge in [0.05, 0.1) is 5.02 Å². The highest BCUT2D eigenvalue weighted by Crippen LogP contribution is 2.23. The predicted molar refractivity (Wildman–Crippen MR) is 78.0 cm³/mol. The lowest BCUT2D eigenvalue weighted by atomic mass is 10.0. The van der Waals surface area contributed by atoms with E-state index in [-0.39, 0.29) is 22.8 Å². The van der Waals surface area contributed by atoms with Gasteiger partial charge in [-0.2, -0.15) is 0 Å². The molecule has 0 radical (unpaired) electrons. The third kappa shape index (κ3) is 3.14. The molecular weight excluding hydrogens is 333 g/mol. The third-order valence-electron chi connectivity index (χ3n) is 2.70. The van der Waals surface area contributed by atoms with Gasteiger partial charge in [-0.25, -0.2) is 4.39 Å². The number of benzene rings is 2. The molecule has 0 bridgehead atoms. The maximum Gasteiger partial charge on any atom is 0.169 e. The Morgan fingerprint density at radius 2 is 2.05 bits per heavy atom. The Balaban J connectivity index is 2.31. The Bertz CT molecular complexity index is 645. The lowest BCUT2D eigenvalue weighted by Gasteiger charge is -2.07. The van der Waals surface area contributed by atoms with E-state index in [9.17, 15) is 9.18 Å². The van der Waals surface area contributed by atoms with Gasteiger partial charge in [0, 0.05) is 22.1 Å². The normalized spacial score (nSPS) is 10.5. The van der Waals surface area contributed by atoms with E-state index in [1.807, 2.05) is 0 Å². The molecule has 0 spiro atoms. The molecule has 0 aliphatic heterocycles. The third-order valence-corrected chi connectivity index (χ3v) is 3.48. The summed E-state index contributed by atoms with van der Waals surface area (Å²) < 4.78 is 14.5. The fourth-order valence-corrected chi connectivity index (χ4v) is 2.28. The van der Waals surface area contributed by atoms with Crippen LogP contribution in [0, 0.1) is 5.82 Å². The van der Waals surface area contributed by atoms with Gasteiger partial charge in [-0.15, -0.1) is 0 Å². The summed E-state index contributed by atoms with van der Waals surface area (Å²) in [5.41, 5.74) is 6.75. The quantitative estimate of drug-likeness (QED) is 0.669. The van der Waals surface area contributed by atoms with E-state index in [0.717, 1.165) is 4.47 Å². The van der Waals surface area contributed by atoms with Crippen LogP contribution in [-0.2, 0) is 6.42 Å². The van der Waals surface area contributed by atoms with Crippen molar-refractivity contribution in [2.45, 2.75) is 6.42 Å². The van der Waals surface area contributed by atoms with Crippen molar-refractivity contribution in [3.8, 4) is 0 Å². The van der Waals surface area contributed by atoms with Crippen LogP contribution >= 0.6 is 27.5 Å². The largest absolute Gasteiger partial charge is 0.398 e. The Morgan fingerprint density at radius 1 is 1.32 bits per heavy atom. The van der Waals surface area contributed by atoms with Crippen molar-refractivity contribution >= 4 is 39.0 Å². The molecule has 0 heterocycles. The molecular formula is C14H10BrClFNO. The van der Waals surface area contributed by atoms with Crippen molar-refractivity contribution in [2.75, 3.05) is 5.73 Å². The summed E-state index contributed by atoms with van der Waals surface area (Å²) >= 11 is 8.95. The smallest absolute Gasteiger partial charge is 0.169 e. The van der Waals surface area contributed by atoms with Gasteiger partial charge in [-0.1, -0.05) is 39.7 Å². The van der Waals surface area contributed by atoms with Gasteiger partial charge in [-0.05, 0) is 29.8 Å². The molecule has 19 heavy (non-hydrogen) atoms. The minimum absolute atomic E-state index is 0.00696. The highest BCUT2D eigenvalue weighted by molar-refractivity contribution is 9.10. The number of nitrogens with two attached hydrogens (primary N) is 1. The number of halogens is 3. The van der Waals surface area contributed by atoms with Crippen LogP contribution in [0.2, 0.25) is 5.02 Å². The maximum absolute atomic E-state index is 13.7. The summed E-state index contributed by atoms with van der Waals surface area (Å²) in [4.78, 5) is 12.1. The summed E-state index contributed by atoms with van der Waals surface area (Å²) in [6.07, 6.45) is -0.0763. The number of rotatable bonds is 3. The van der Waals surface area contributed by atoms with Crippen LogP contribution in [-0.4, -0.2) is 5.78 Å². The van der Waals surface area contributed by atoms with Crippen LogP contribution < -0.4 is 5.73 Å². The number of ketones is 1. The molecule has 2 nitrogen and oxygen atoms in total. The Hall–Kier alpha value is -1.39. The monoisotopic (exact) mass is 341 g/mol. The second-order valence-corrected chi connectivity index (χ2v) is 5.37. The van der Waals surface area contributed by atoms with Crippen molar-refractivity contribution in [1.29, 1.82) is 0 Å². The van der Waals surface area contributed by atoms with Gasteiger partial charge in [0.15, 0.2) is 5.78 Å². The number of hydrogen-bond acceptors (Lipinski definition) is 2. The lowest BCUT2D eigenvalue weighted by molar-refractivity contribution is 0.0992. The average molecular weight is 343 g/mol. The molecule has 0 aromatic heterocycles. The summed E-state index contributed by atoms with van der Waals surface area (Å²) in [7, 11) is 0. The molecule has 5 heteroatoms. The zero-order chi connectivity index (χ0) is 14.0. The lowest BCUT2D eigenvalue weighted by Crippen LogP contribution is -2.08. The van der Waals surface area contributed by atoms with Crippen LogP contribution in [0.25, 0.3) is 0 Å². The zero-order valence-corrected chi connectivity index (χ0v) is 12.1. The molecule has 0 unspecified atom stereocenters. The van der Waals surface area contributed by atoms with E-state index >= 15 is 0 Å². The van der Waals surface area contributed by atoms with Gasteiger partial charge in [0.2, 0.25) is 0 Å². The number of carbonyl (C=O) groups excluding carboxylic acids is 1. The SMILES string of the molecule is Nc1ccc(Br)cc1C(=O)Cc1cccc(Cl)c1F. The van der Waals surface area contributed by atoms with Crippen molar-refractivity contribution in [1.82, 2.24) is 0 Å². The van der Waals surface area contributed by atoms with Gasteiger partial charge in [-0.3, -0.25) is 4.79 Å². The summed E-state index contributed by atoms with van der Waals surface area (Å²) in [5.74, 6) is -0.814. The topological polar surface area (TPSA) is 43.1 Å². The van der Waals surface area contributed by atoms with E-state index in [1.165, 1.54) is 12.1 Å². The highest BCUT2D eigenvalue weighted by atomic mass is 79.9. The van der Waals surface area contributed by atoms with E-state index in [2.05, 4.69) is 15.9 Å². The average Bonchev–Trinajstić information content (AvgIpc) is 2.38. The molecule has 2 aromatic carbocycles. The van der Waals surface area contributed by atoms with Crippen LogP contribution in [0.4, 0.5) is 10.1 Å². The minimum atomic E-state index is -0.564. The van der Waals surface area contributed by atoms with E-state index < -0.39 is 5.82 Å². The maximum atomic E-state index is 13.7. The first kappa shape index (κ1) is 14.0. The second-order valence-electron chi connectivity index (χ2n) is 4.04. The van der Waals surface area contributed by atoms with Crippen molar-refractivity contribution < 1.29 is 9.18 Å². The number of carbonyl (C=O) groups is 1. The van der Waals surface area contributed by atoms with Gasteiger partial charge >= 0.3 is 0 Å².